The minimum absolute atomic E-state index is 0. The van der Waals surface area contributed by atoms with Crippen LogP contribution in [0.1, 0.15) is 78.0 Å². The van der Waals surface area contributed by atoms with E-state index in [0.29, 0.717) is 3.63 Å². The fourth-order valence-corrected chi connectivity index (χ4v) is 23.6. The van der Waals surface area contributed by atoms with Crippen LogP contribution in [-0.2, 0) is 34.1 Å². The van der Waals surface area contributed by atoms with Crippen LogP contribution in [0.4, 0.5) is 0 Å². The Morgan fingerprint density at radius 2 is 1.11 bits per heavy atom. The van der Waals surface area contributed by atoms with Crippen LogP contribution >= 0.6 is 24.8 Å². The van der Waals surface area contributed by atoms with Crippen LogP contribution in [0.2, 0.25) is 18.1 Å². The van der Waals surface area contributed by atoms with Gasteiger partial charge in [0.1, 0.15) is 0 Å². The van der Waals surface area contributed by atoms with Crippen LogP contribution in [0, 0.1) is 0 Å². The van der Waals surface area contributed by atoms with Gasteiger partial charge in [0.2, 0.25) is 0 Å². The maximum absolute atomic E-state index is 2.76. The Kier molecular flexibility index (Phi) is 12.4. The van der Waals surface area contributed by atoms with Gasteiger partial charge in [-0.1, -0.05) is 0 Å². The molecule has 0 aromatic heterocycles. The van der Waals surface area contributed by atoms with Gasteiger partial charge in [0.15, 0.2) is 0 Å². The molecule has 0 heterocycles. The Labute approximate surface area is 293 Å². The zero-order valence-electron chi connectivity index (χ0n) is 27.5. The van der Waals surface area contributed by atoms with Crippen molar-refractivity contribution in [1.29, 1.82) is 0 Å². The van der Waals surface area contributed by atoms with Gasteiger partial charge in [0.05, 0.1) is 0 Å². The van der Waals surface area contributed by atoms with Gasteiger partial charge in [-0.05, 0) is 0 Å². The topological polar surface area (TPSA) is 0 Å². The smallest absolute Gasteiger partial charge is 0.147 e. The molecule has 0 atom stereocenters. The van der Waals surface area contributed by atoms with Crippen LogP contribution < -0.4 is 0 Å². The summed E-state index contributed by atoms with van der Waals surface area (Å²) in [4.78, 5) is 0. The molecule has 0 aliphatic heterocycles. The Morgan fingerprint density at radius 1 is 0.644 bits per heavy atom. The molecule has 0 amide bonds. The van der Waals surface area contributed by atoms with Gasteiger partial charge in [-0.2, -0.15) is 0 Å². The average molecular weight is 731 g/mol. The third-order valence-electron chi connectivity index (χ3n) is 10.5. The second-order valence-electron chi connectivity index (χ2n) is 12.3. The molecule has 2 aliphatic carbocycles. The van der Waals surface area contributed by atoms with Gasteiger partial charge in [-0.25, -0.2) is 0 Å². The zero-order valence-corrected chi connectivity index (χ0v) is 32.6. The Bertz CT molecular complexity index is 1610. The maximum atomic E-state index is 2.62. The number of fused-ring (bicyclic) bond motifs is 3. The Morgan fingerprint density at radius 3 is 1.53 bits per heavy atom. The van der Waals surface area contributed by atoms with Gasteiger partial charge < -0.3 is 0 Å². The van der Waals surface area contributed by atoms with E-state index in [0.717, 1.165) is 19.3 Å². The van der Waals surface area contributed by atoms with Crippen molar-refractivity contribution in [3.63, 3.8) is 0 Å². The predicted molar refractivity (Wildman–Crippen MR) is 201 cm³/mol. The summed E-state index contributed by atoms with van der Waals surface area (Å²) in [6.07, 6.45) is 8.47. The largest absolute Gasteiger partial charge is 0.147 e. The van der Waals surface area contributed by atoms with Gasteiger partial charge in [-0.3, -0.25) is 0 Å². The van der Waals surface area contributed by atoms with Gasteiger partial charge in [0, 0.05) is 0 Å². The van der Waals surface area contributed by atoms with Crippen molar-refractivity contribution in [2.24, 2.45) is 0 Å². The predicted octanol–water partition coefficient (Wildman–Crippen LogP) is 11.9. The second-order valence-corrected chi connectivity index (χ2v) is 23.7. The first kappa shape index (κ1) is 35.8. The summed E-state index contributed by atoms with van der Waals surface area (Å²) in [5, 5.41) is 1.83. The number of halogens is 2. The first-order chi connectivity index (χ1) is 21.1. The molecule has 0 bridgehead atoms. The number of rotatable bonds is 10. The SMILES string of the molecule is CCc1ccc2c(c1)[CH]([Zr]([C]1=C([Si](CC)(CC)CC)C=CC1)=[C](c1ccccc1)c1ccccc1)c1cc(CC)ccc1-2.Cl.Cl. The molecule has 4 heteroatoms. The van der Waals surface area contributed by atoms with Crippen molar-refractivity contribution in [3.05, 3.63) is 151 Å². The molecule has 0 fully saturated rings. The number of aryl methyl sites for hydroxylation is 2. The summed E-state index contributed by atoms with van der Waals surface area (Å²) >= 11 is -2.76. The van der Waals surface area contributed by atoms with E-state index in [1.807, 2.05) is 8.48 Å². The van der Waals surface area contributed by atoms with Gasteiger partial charge in [0.25, 0.3) is 0 Å². The first-order valence-corrected chi connectivity index (χ1v) is 23.1. The van der Waals surface area contributed by atoms with Crippen LogP contribution in [0.5, 0.6) is 0 Å². The molecular weight excluding hydrogens is 683 g/mol. The number of hydrogen-bond acceptors (Lipinski definition) is 0. The molecule has 0 spiro atoms. The van der Waals surface area contributed by atoms with Crippen molar-refractivity contribution in [2.75, 3.05) is 0 Å². The fourth-order valence-electron chi connectivity index (χ4n) is 7.85. The van der Waals surface area contributed by atoms with Gasteiger partial charge in [-0.15, -0.1) is 24.8 Å². The number of allylic oxidation sites excluding steroid dienone is 4. The van der Waals surface area contributed by atoms with E-state index in [9.17, 15) is 0 Å². The molecule has 0 saturated carbocycles. The second kappa shape index (κ2) is 15.7. The summed E-state index contributed by atoms with van der Waals surface area (Å²) in [7, 11) is -1.60. The summed E-state index contributed by atoms with van der Waals surface area (Å²) in [6, 6.07) is 41.9. The standard InChI is InChI=1S/C17H17.C13H10.C11H19Si.2ClH.Zr/c1-3-12-5-7-16-14(9-12)11-15-10-13(4-2)6-8-17(15)16;1-3-7-12(8-4-1)11-13-9-5-2-6-10-13;1-4-12(5-2,6-3)11-9-7-8-10-11;;;/h5-11H,3-4H2,1-2H3;1-10H;7,9H,4-6,8H2,1-3H3;2*1H;. The molecule has 4 aromatic carbocycles. The molecular formula is C41H48Cl2SiZr. The molecule has 0 saturated heterocycles. The number of hydrogen-bond donors (Lipinski definition) is 0. The molecule has 45 heavy (non-hydrogen) atoms. The monoisotopic (exact) mass is 728 g/mol. The quantitative estimate of drug-likeness (QED) is 0.143. The fraction of sp³-hybridized carbons (Fsp3) is 0.293. The molecule has 0 N–H and O–H groups in total. The molecule has 6 rings (SSSR count). The molecule has 0 unspecified atom stereocenters. The van der Waals surface area contributed by atoms with Crippen molar-refractivity contribution in [1.82, 2.24) is 0 Å². The molecule has 4 aromatic rings. The van der Waals surface area contributed by atoms with E-state index in [-0.39, 0.29) is 24.8 Å². The minimum atomic E-state index is -2.76. The Balaban J connectivity index is 0.00000230. The maximum Gasteiger partial charge on any atom is -0.147 e. The van der Waals surface area contributed by atoms with E-state index in [4.69, 9.17) is 0 Å². The van der Waals surface area contributed by atoms with Crippen LogP contribution in [0.15, 0.2) is 118 Å². The van der Waals surface area contributed by atoms with Crippen molar-refractivity contribution in [3.8, 4) is 11.1 Å². The number of benzene rings is 4. The molecule has 234 valence electrons. The first-order valence-electron chi connectivity index (χ1n) is 16.6. The zero-order chi connectivity index (χ0) is 30.0. The van der Waals surface area contributed by atoms with Crippen LogP contribution in [0.25, 0.3) is 11.1 Å². The Hall–Kier alpha value is -2.09. The van der Waals surface area contributed by atoms with Crippen molar-refractivity contribution >= 4 is 36.1 Å². The summed E-state index contributed by atoms with van der Waals surface area (Å²) < 4.78 is 4.04. The summed E-state index contributed by atoms with van der Waals surface area (Å²) in [5.41, 5.74) is 12.0. The van der Waals surface area contributed by atoms with Crippen molar-refractivity contribution < 1.29 is 21.3 Å². The van der Waals surface area contributed by atoms with E-state index >= 15 is 0 Å². The average Bonchev–Trinajstić information content (AvgIpc) is 3.68. The van der Waals surface area contributed by atoms with Crippen molar-refractivity contribution in [2.45, 2.75) is 75.6 Å². The normalized spacial score (nSPS) is 13.6. The van der Waals surface area contributed by atoms with Crippen LogP contribution in [-0.4, -0.2) is 11.3 Å². The van der Waals surface area contributed by atoms with E-state index in [2.05, 4.69) is 144 Å². The third-order valence-corrected chi connectivity index (χ3v) is 25.2. The molecule has 2 aliphatic rings. The van der Waals surface area contributed by atoms with E-state index < -0.39 is 29.3 Å². The van der Waals surface area contributed by atoms with E-state index in [1.165, 1.54) is 51.5 Å². The third kappa shape index (κ3) is 6.56. The molecule has 0 radical (unpaired) electrons. The van der Waals surface area contributed by atoms with Crippen LogP contribution in [0.3, 0.4) is 0 Å². The summed E-state index contributed by atoms with van der Waals surface area (Å²) in [6.45, 7) is 12.1. The van der Waals surface area contributed by atoms with Gasteiger partial charge >= 0.3 is 270 Å². The minimum Gasteiger partial charge on any atom is -0.147 e. The summed E-state index contributed by atoms with van der Waals surface area (Å²) in [5.74, 6) is 0. The molecule has 0 nitrogen and oxygen atoms in total. The van der Waals surface area contributed by atoms with E-state index in [1.54, 1.807) is 14.3 Å².